The Bertz CT molecular complexity index is 5150. The fraction of sp³-hybridized carbons (Fsp3) is 0. The number of benzene rings is 11. The minimum atomic E-state index is 0.864. The molecule has 11 aromatic carbocycles. The van der Waals surface area contributed by atoms with E-state index < -0.39 is 0 Å². The van der Waals surface area contributed by atoms with Crippen molar-refractivity contribution < 1.29 is 4.42 Å². The average molecular weight is 994 g/mol. The molecular weight excluding hydrogens is 951 g/mol. The third-order valence-electron chi connectivity index (χ3n) is 16.3. The van der Waals surface area contributed by atoms with Crippen molar-refractivity contribution >= 4 is 104 Å². The lowest BCUT2D eigenvalue weighted by Crippen LogP contribution is -2.16. The van der Waals surface area contributed by atoms with E-state index in [2.05, 4.69) is 263 Å². The Labute approximate surface area is 447 Å². The van der Waals surface area contributed by atoms with Gasteiger partial charge < -0.3 is 18.5 Å². The molecule has 0 aliphatic carbocycles. The van der Waals surface area contributed by atoms with Crippen molar-refractivity contribution in [2.75, 3.05) is 4.90 Å². The molecule has 0 atom stereocenters. The summed E-state index contributed by atoms with van der Waals surface area (Å²) in [5.41, 5.74) is 21.6. The molecule has 0 saturated heterocycles. The van der Waals surface area contributed by atoms with E-state index >= 15 is 0 Å². The molecule has 0 spiro atoms. The summed E-state index contributed by atoms with van der Waals surface area (Å²) in [4.78, 5) is 12.7. The van der Waals surface area contributed by atoms with Gasteiger partial charge in [-0.05, 0) is 131 Å². The number of rotatable bonds is 6. The third-order valence-corrected chi connectivity index (χ3v) is 16.3. The van der Waals surface area contributed by atoms with Crippen LogP contribution in [0.25, 0.3) is 143 Å². The van der Waals surface area contributed by atoms with Gasteiger partial charge in [0.25, 0.3) is 0 Å². The fourth-order valence-electron chi connectivity index (χ4n) is 12.8. The topological polar surface area (TPSA) is 52.0 Å². The lowest BCUT2D eigenvalue weighted by Gasteiger charge is -2.33. The molecule has 6 heterocycles. The fourth-order valence-corrected chi connectivity index (χ4v) is 12.8. The first-order valence-corrected chi connectivity index (χ1v) is 26.5. The Hall–Kier alpha value is -10.6. The molecule has 6 heteroatoms. The lowest BCUT2D eigenvalue weighted by atomic mass is 9.91. The zero-order chi connectivity index (χ0) is 51.0. The number of furan rings is 1. The van der Waals surface area contributed by atoms with E-state index in [1.165, 1.54) is 49.2 Å². The first-order chi connectivity index (χ1) is 38.7. The number of pyridine rings is 2. The lowest BCUT2D eigenvalue weighted by molar-refractivity contribution is 0.670. The van der Waals surface area contributed by atoms with Crippen LogP contribution in [0.4, 0.5) is 17.1 Å². The summed E-state index contributed by atoms with van der Waals surface area (Å²) in [6.07, 6.45) is 3.99. The summed E-state index contributed by atoms with van der Waals surface area (Å²) < 4.78 is 11.5. The van der Waals surface area contributed by atoms with Gasteiger partial charge in [0.2, 0.25) is 0 Å². The van der Waals surface area contributed by atoms with Gasteiger partial charge in [0.1, 0.15) is 11.2 Å². The summed E-state index contributed by atoms with van der Waals surface area (Å²) in [6, 6.07) is 89.7. The maximum absolute atomic E-state index is 6.80. The number of hydrogen-bond acceptors (Lipinski definition) is 4. The van der Waals surface area contributed by atoms with Crippen molar-refractivity contribution in [3.8, 4) is 56.0 Å². The van der Waals surface area contributed by atoms with Crippen molar-refractivity contribution in [1.82, 2.24) is 19.1 Å². The Morgan fingerprint density at radius 2 is 0.859 bits per heavy atom. The van der Waals surface area contributed by atoms with E-state index in [1.807, 2.05) is 12.4 Å². The maximum Gasteiger partial charge on any atom is 0.143 e. The Balaban J connectivity index is 0.767. The van der Waals surface area contributed by atoms with Gasteiger partial charge in [-0.1, -0.05) is 146 Å². The van der Waals surface area contributed by atoms with Crippen molar-refractivity contribution in [3.63, 3.8) is 0 Å². The van der Waals surface area contributed by atoms with Crippen LogP contribution in [0, 0.1) is 0 Å². The molecule has 16 aromatic rings. The Morgan fingerprint density at radius 3 is 1.54 bits per heavy atom. The number of anilines is 3. The summed E-state index contributed by atoms with van der Waals surface area (Å²) in [5.74, 6) is 0. The first kappa shape index (κ1) is 42.8. The predicted molar refractivity (Wildman–Crippen MR) is 323 cm³/mol. The smallest absolute Gasteiger partial charge is 0.143 e. The van der Waals surface area contributed by atoms with Gasteiger partial charge in [-0.3, -0.25) is 4.98 Å². The minimum Gasteiger partial charge on any atom is -0.455 e. The van der Waals surface area contributed by atoms with Gasteiger partial charge in [0.05, 0.1) is 50.8 Å². The summed E-state index contributed by atoms with van der Waals surface area (Å²) in [6.45, 7) is 0. The van der Waals surface area contributed by atoms with Crippen molar-refractivity contribution in [3.05, 3.63) is 261 Å². The minimum absolute atomic E-state index is 0.864. The first-order valence-electron chi connectivity index (χ1n) is 26.5. The number of para-hydroxylation sites is 6. The van der Waals surface area contributed by atoms with Gasteiger partial charge in [-0.25, -0.2) is 4.98 Å². The molecule has 78 heavy (non-hydrogen) atoms. The van der Waals surface area contributed by atoms with Crippen LogP contribution in [0.2, 0.25) is 0 Å². The van der Waals surface area contributed by atoms with E-state index in [-0.39, 0.29) is 0 Å². The summed E-state index contributed by atoms with van der Waals surface area (Å²) in [5, 5.41) is 10.3. The molecular formula is C72H43N5O. The molecule has 1 aliphatic rings. The van der Waals surface area contributed by atoms with Crippen molar-refractivity contribution in [2.24, 2.45) is 0 Å². The van der Waals surface area contributed by atoms with Crippen molar-refractivity contribution in [1.29, 1.82) is 0 Å². The molecule has 6 nitrogen and oxygen atoms in total. The average Bonchev–Trinajstić information content (AvgIpc) is 4.30. The van der Waals surface area contributed by atoms with Crippen LogP contribution < -0.4 is 4.90 Å². The SMILES string of the molecule is c1ccc(-n2c3ccccc3c3cc(-c4ccc5c(c4)-c4nc6ccccc6c6cncc(c46)N5c4ccc(-c5cccc6c5oc5ccc(-c7ccc8c(c7)c7ccccc7n8-c7ccccc7)cc56)cc4)ccc32)cc1. The van der Waals surface area contributed by atoms with Gasteiger partial charge in [0, 0.05) is 82.9 Å². The largest absolute Gasteiger partial charge is 0.455 e. The molecule has 0 N–H and O–H groups in total. The van der Waals surface area contributed by atoms with Crippen LogP contribution >= 0.6 is 0 Å². The number of aromatic nitrogens is 4. The number of hydrogen-bond donors (Lipinski definition) is 0. The van der Waals surface area contributed by atoms with Crippen molar-refractivity contribution in [2.45, 2.75) is 0 Å². The summed E-state index contributed by atoms with van der Waals surface area (Å²) in [7, 11) is 0. The second-order valence-corrected chi connectivity index (χ2v) is 20.5. The molecule has 0 fully saturated rings. The highest BCUT2D eigenvalue weighted by atomic mass is 16.3. The molecule has 5 aromatic heterocycles. The maximum atomic E-state index is 6.80. The van der Waals surface area contributed by atoms with Crippen LogP contribution in [0.1, 0.15) is 0 Å². The Kier molecular flexibility index (Phi) is 9.03. The highest BCUT2D eigenvalue weighted by Crippen LogP contribution is 2.52. The van der Waals surface area contributed by atoms with E-state index in [4.69, 9.17) is 14.4 Å². The van der Waals surface area contributed by atoms with Crippen LogP contribution in [0.3, 0.4) is 0 Å². The van der Waals surface area contributed by atoms with Crippen LogP contribution in [-0.4, -0.2) is 19.1 Å². The highest BCUT2D eigenvalue weighted by Gasteiger charge is 2.29. The summed E-state index contributed by atoms with van der Waals surface area (Å²) >= 11 is 0. The molecule has 0 radical (unpaired) electrons. The van der Waals surface area contributed by atoms with Gasteiger partial charge >= 0.3 is 0 Å². The molecule has 17 rings (SSSR count). The van der Waals surface area contributed by atoms with Gasteiger partial charge in [-0.2, -0.15) is 0 Å². The monoisotopic (exact) mass is 993 g/mol. The van der Waals surface area contributed by atoms with Crippen LogP contribution in [0.5, 0.6) is 0 Å². The number of fused-ring (bicyclic) bond motifs is 13. The molecule has 362 valence electrons. The van der Waals surface area contributed by atoms with Crippen LogP contribution in [-0.2, 0) is 0 Å². The number of nitrogens with zero attached hydrogens (tertiary/aromatic N) is 5. The molecule has 0 bridgehead atoms. The van der Waals surface area contributed by atoms with Gasteiger partial charge in [0.15, 0.2) is 0 Å². The predicted octanol–water partition coefficient (Wildman–Crippen LogP) is 19.3. The zero-order valence-corrected chi connectivity index (χ0v) is 42.0. The second-order valence-electron chi connectivity index (χ2n) is 20.5. The molecule has 0 amide bonds. The van der Waals surface area contributed by atoms with E-state index in [1.54, 1.807) is 0 Å². The highest BCUT2D eigenvalue weighted by molar-refractivity contribution is 6.20. The van der Waals surface area contributed by atoms with Crippen LogP contribution in [0.15, 0.2) is 266 Å². The standard InChI is InChI=1S/C72H43N5O/c1-3-14-49(15-4-1)75-63-24-11-8-19-54(63)57-38-45(28-34-65(57)75)47-30-36-67-60(41-47)71-70-61(53-18-7-10-23-62(53)74-71)42-73-43-68(70)77(67)51-32-26-44(27-33-51)52-21-13-22-56-59-40-48(31-37-69(59)78-72(52)56)46-29-35-66-58(39-46)55-20-9-12-25-64(55)76(66)50-16-5-2-6-17-50/h1-43H. The molecule has 1 aliphatic heterocycles. The van der Waals surface area contributed by atoms with E-state index in [0.29, 0.717) is 0 Å². The normalized spacial score (nSPS) is 12.3. The third kappa shape index (κ3) is 6.25. The van der Waals surface area contributed by atoms with E-state index in [9.17, 15) is 0 Å². The zero-order valence-electron chi connectivity index (χ0n) is 42.0. The molecule has 0 unspecified atom stereocenters. The van der Waals surface area contributed by atoms with Gasteiger partial charge in [-0.15, -0.1) is 0 Å². The Morgan fingerprint density at radius 1 is 0.321 bits per heavy atom. The second kappa shape index (κ2) is 16.5. The molecule has 0 saturated carbocycles. The van der Waals surface area contributed by atoms with E-state index in [0.717, 1.165) is 111 Å². The quantitative estimate of drug-likeness (QED) is 0.156.